The third-order valence-corrected chi connectivity index (χ3v) is 2.73. The first-order chi connectivity index (χ1) is 9.08. The van der Waals surface area contributed by atoms with Crippen LogP contribution in [0.1, 0.15) is 30.6 Å². The van der Waals surface area contributed by atoms with E-state index >= 15 is 0 Å². The van der Waals surface area contributed by atoms with Crippen LogP contribution in [0.15, 0.2) is 24.8 Å². The summed E-state index contributed by atoms with van der Waals surface area (Å²) in [5.41, 5.74) is 0.997. The number of nitrogens with zero attached hydrogens (tertiary/aromatic N) is 4. The summed E-state index contributed by atoms with van der Waals surface area (Å²) in [6.07, 6.45) is 7.07. The zero-order chi connectivity index (χ0) is 13.8. The number of carboxylic acid groups (broad SMARTS) is 1. The quantitative estimate of drug-likeness (QED) is 0.890. The van der Waals surface area contributed by atoms with Gasteiger partial charge in [0.15, 0.2) is 0 Å². The second-order valence-corrected chi connectivity index (χ2v) is 4.73. The maximum Gasteiger partial charge on any atom is 0.339 e. The van der Waals surface area contributed by atoms with Crippen molar-refractivity contribution in [3.05, 3.63) is 30.4 Å². The van der Waals surface area contributed by atoms with E-state index < -0.39 is 5.97 Å². The van der Waals surface area contributed by atoms with Crippen molar-refractivity contribution in [3.63, 3.8) is 0 Å². The number of rotatable bonds is 5. The van der Waals surface area contributed by atoms with E-state index in [0.717, 1.165) is 6.42 Å². The number of aromatic carboxylic acids is 1. The van der Waals surface area contributed by atoms with Crippen LogP contribution in [0.4, 0.5) is 0 Å². The van der Waals surface area contributed by atoms with Gasteiger partial charge < -0.3 is 5.11 Å². The number of hydrogen-bond donors (Lipinski definition) is 1. The van der Waals surface area contributed by atoms with E-state index in [1.54, 1.807) is 17.1 Å². The van der Waals surface area contributed by atoms with Crippen molar-refractivity contribution in [1.29, 1.82) is 0 Å². The first kappa shape index (κ1) is 13.2. The first-order valence-electron chi connectivity index (χ1n) is 6.15. The lowest BCUT2D eigenvalue weighted by molar-refractivity contribution is 0.0697. The lowest BCUT2D eigenvalue weighted by atomic mass is 10.1. The zero-order valence-electron chi connectivity index (χ0n) is 10.9. The molecule has 0 radical (unpaired) electrons. The molecule has 0 aliphatic carbocycles. The fraction of sp³-hybridized carbons (Fsp3) is 0.385. The summed E-state index contributed by atoms with van der Waals surface area (Å²) in [5.74, 6) is -0.464. The third kappa shape index (κ3) is 3.15. The fourth-order valence-corrected chi connectivity index (χ4v) is 1.69. The number of aromatic nitrogens is 4. The van der Waals surface area contributed by atoms with Crippen LogP contribution in [0.3, 0.4) is 0 Å². The highest BCUT2D eigenvalue weighted by Gasteiger charge is 2.18. The summed E-state index contributed by atoms with van der Waals surface area (Å²) in [6.45, 7) is 4.93. The van der Waals surface area contributed by atoms with Crippen molar-refractivity contribution in [2.75, 3.05) is 0 Å². The molecule has 0 bridgehead atoms. The van der Waals surface area contributed by atoms with E-state index in [4.69, 9.17) is 0 Å². The Morgan fingerprint density at radius 3 is 2.79 bits per heavy atom. The molecule has 0 amide bonds. The van der Waals surface area contributed by atoms with Gasteiger partial charge in [-0.15, -0.1) is 0 Å². The van der Waals surface area contributed by atoms with E-state index in [0.29, 0.717) is 23.9 Å². The Hall–Kier alpha value is -2.24. The molecule has 19 heavy (non-hydrogen) atoms. The second kappa shape index (κ2) is 5.60. The minimum atomic E-state index is -1.00. The molecular formula is C13H16N4O2. The van der Waals surface area contributed by atoms with E-state index in [-0.39, 0.29) is 5.56 Å². The molecule has 6 heteroatoms. The topological polar surface area (TPSA) is 80.9 Å². The lowest BCUT2D eigenvalue weighted by Gasteiger charge is -2.03. The smallest absolute Gasteiger partial charge is 0.339 e. The summed E-state index contributed by atoms with van der Waals surface area (Å²) >= 11 is 0. The summed E-state index contributed by atoms with van der Waals surface area (Å²) in [5, 5.41) is 13.5. The zero-order valence-corrected chi connectivity index (χ0v) is 10.9. The number of carboxylic acids is 1. The monoisotopic (exact) mass is 260 g/mol. The molecular weight excluding hydrogens is 244 g/mol. The average molecular weight is 260 g/mol. The van der Waals surface area contributed by atoms with Gasteiger partial charge in [-0.1, -0.05) is 13.8 Å². The molecule has 0 aromatic carbocycles. The van der Waals surface area contributed by atoms with Gasteiger partial charge in [-0.05, 0) is 12.3 Å². The number of hydrogen-bond acceptors (Lipinski definition) is 4. The van der Waals surface area contributed by atoms with Crippen LogP contribution in [0, 0.1) is 5.92 Å². The van der Waals surface area contributed by atoms with Crippen molar-refractivity contribution >= 4 is 5.97 Å². The van der Waals surface area contributed by atoms with Crippen LogP contribution < -0.4 is 0 Å². The highest BCUT2D eigenvalue weighted by atomic mass is 16.4. The molecule has 0 aliphatic rings. The normalized spacial score (nSPS) is 10.9. The summed E-state index contributed by atoms with van der Waals surface area (Å²) in [4.78, 5) is 19.3. The number of aryl methyl sites for hydroxylation is 1. The lowest BCUT2D eigenvalue weighted by Crippen LogP contribution is -2.02. The van der Waals surface area contributed by atoms with Gasteiger partial charge in [-0.25, -0.2) is 4.79 Å². The molecule has 0 unspecified atom stereocenters. The molecule has 0 saturated heterocycles. The van der Waals surface area contributed by atoms with Crippen molar-refractivity contribution < 1.29 is 9.90 Å². The Labute approximate surface area is 111 Å². The van der Waals surface area contributed by atoms with Gasteiger partial charge >= 0.3 is 5.97 Å². The van der Waals surface area contributed by atoms with Gasteiger partial charge in [0.25, 0.3) is 0 Å². The van der Waals surface area contributed by atoms with Crippen LogP contribution in [0.25, 0.3) is 11.4 Å². The van der Waals surface area contributed by atoms with Crippen LogP contribution in [-0.2, 0) is 6.54 Å². The molecule has 2 heterocycles. The third-order valence-electron chi connectivity index (χ3n) is 2.73. The molecule has 2 aromatic heterocycles. The molecule has 0 aliphatic heterocycles. The standard InChI is InChI=1S/C13H16N4O2/c1-9(2)3-6-17-8-10(13(18)19)12(16-17)11-7-14-4-5-15-11/h4-5,7-9H,3,6H2,1-2H3,(H,18,19). The Bertz CT molecular complexity index is 563. The Morgan fingerprint density at radius 2 is 2.21 bits per heavy atom. The summed E-state index contributed by atoms with van der Waals surface area (Å²) in [6, 6.07) is 0. The van der Waals surface area contributed by atoms with Crippen LogP contribution in [-0.4, -0.2) is 30.8 Å². The van der Waals surface area contributed by atoms with Crippen LogP contribution in [0.2, 0.25) is 0 Å². The van der Waals surface area contributed by atoms with Crippen molar-refractivity contribution in [2.45, 2.75) is 26.8 Å². The Balaban J connectivity index is 2.34. The molecule has 100 valence electrons. The highest BCUT2D eigenvalue weighted by Crippen LogP contribution is 2.19. The van der Waals surface area contributed by atoms with Crippen molar-refractivity contribution in [1.82, 2.24) is 19.7 Å². The van der Waals surface area contributed by atoms with E-state index in [1.807, 2.05) is 0 Å². The molecule has 0 saturated carbocycles. The minimum absolute atomic E-state index is 0.157. The fourth-order valence-electron chi connectivity index (χ4n) is 1.69. The van der Waals surface area contributed by atoms with Gasteiger partial charge in [0.1, 0.15) is 17.0 Å². The molecule has 0 fully saturated rings. The van der Waals surface area contributed by atoms with Gasteiger partial charge in [-0.3, -0.25) is 14.6 Å². The maximum absolute atomic E-state index is 11.2. The first-order valence-corrected chi connectivity index (χ1v) is 6.15. The Morgan fingerprint density at radius 1 is 1.42 bits per heavy atom. The number of carbonyl (C=O) groups is 1. The molecule has 2 aromatic rings. The molecule has 6 nitrogen and oxygen atoms in total. The second-order valence-electron chi connectivity index (χ2n) is 4.73. The van der Waals surface area contributed by atoms with Crippen LogP contribution in [0.5, 0.6) is 0 Å². The largest absolute Gasteiger partial charge is 0.478 e. The predicted octanol–water partition coefficient (Wildman–Crippen LogP) is 2.08. The van der Waals surface area contributed by atoms with E-state index in [1.165, 1.54) is 12.4 Å². The van der Waals surface area contributed by atoms with Crippen molar-refractivity contribution in [2.24, 2.45) is 5.92 Å². The molecule has 1 N–H and O–H groups in total. The molecule has 0 spiro atoms. The van der Waals surface area contributed by atoms with Crippen molar-refractivity contribution in [3.8, 4) is 11.4 Å². The summed E-state index contributed by atoms with van der Waals surface area (Å²) in [7, 11) is 0. The predicted molar refractivity (Wildman–Crippen MR) is 69.7 cm³/mol. The van der Waals surface area contributed by atoms with Gasteiger partial charge in [0.05, 0.1) is 6.20 Å². The van der Waals surface area contributed by atoms with Gasteiger partial charge in [0.2, 0.25) is 0 Å². The van der Waals surface area contributed by atoms with Gasteiger partial charge in [-0.2, -0.15) is 5.10 Å². The highest BCUT2D eigenvalue weighted by molar-refractivity contribution is 5.93. The van der Waals surface area contributed by atoms with E-state index in [9.17, 15) is 9.90 Å². The van der Waals surface area contributed by atoms with Crippen LogP contribution >= 0.6 is 0 Å². The molecule has 0 atom stereocenters. The Kier molecular flexibility index (Phi) is 3.89. The average Bonchev–Trinajstić information content (AvgIpc) is 2.82. The summed E-state index contributed by atoms with van der Waals surface area (Å²) < 4.78 is 1.66. The SMILES string of the molecule is CC(C)CCn1cc(C(=O)O)c(-c2cnccn2)n1. The molecule has 2 rings (SSSR count). The maximum atomic E-state index is 11.2. The van der Waals surface area contributed by atoms with Gasteiger partial charge in [0, 0.05) is 25.1 Å². The minimum Gasteiger partial charge on any atom is -0.478 e. The van der Waals surface area contributed by atoms with E-state index in [2.05, 4.69) is 28.9 Å².